The maximum Gasteiger partial charge on any atom is 0.255 e. The van der Waals surface area contributed by atoms with E-state index in [2.05, 4.69) is 20.5 Å². The number of nitrogens with zero attached hydrogens (tertiary/aromatic N) is 3. The molecule has 0 atom stereocenters. The Labute approximate surface area is 119 Å². The zero-order valence-corrected chi connectivity index (χ0v) is 10.9. The van der Waals surface area contributed by atoms with Gasteiger partial charge in [0.2, 0.25) is 0 Å². The number of anilines is 1. The number of carbonyl (C=O) groups excluding carboxylic acids is 1. The van der Waals surface area contributed by atoms with E-state index < -0.39 is 0 Å². The lowest BCUT2D eigenvalue weighted by molar-refractivity contribution is 0.102. The molecular formula is C15H11N5O. The average Bonchev–Trinajstić information content (AvgIpc) is 3.14. The highest BCUT2D eigenvalue weighted by Gasteiger charge is 2.08. The largest absolute Gasteiger partial charge is 0.322 e. The van der Waals surface area contributed by atoms with Crippen LogP contribution in [0.15, 0.2) is 55.2 Å². The molecule has 6 heteroatoms. The fraction of sp³-hybridized carbons (Fsp3) is 0. The van der Waals surface area contributed by atoms with E-state index in [0.717, 1.165) is 22.1 Å². The van der Waals surface area contributed by atoms with Crippen LogP contribution >= 0.6 is 0 Å². The second-order valence-electron chi connectivity index (χ2n) is 4.77. The highest BCUT2D eigenvalue weighted by atomic mass is 16.1. The number of imidazole rings is 1. The molecule has 0 fully saturated rings. The van der Waals surface area contributed by atoms with Gasteiger partial charge in [-0.15, -0.1) is 0 Å². The number of hydrogen-bond donors (Lipinski definition) is 2. The lowest BCUT2D eigenvalue weighted by atomic mass is 10.2. The van der Waals surface area contributed by atoms with Gasteiger partial charge in [0.25, 0.3) is 5.91 Å². The predicted molar refractivity (Wildman–Crippen MR) is 79.2 cm³/mol. The van der Waals surface area contributed by atoms with E-state index in [4.69, 9.17) is 0 Å². The zero-order valence-electron chi connectivity index (χ0n) is 10.9. The summed E-state index contributed by atoms with van der Waals surface area (Å²) in [6.07, 6.45) is 6.97. The molecule has 0 spiro atoms. The van der Waals surface area contributed by atoms with Gasteiger partial charge in [-0.25, -0.2) is 4.98 Å². The van der Waals surface area contributed by atoms with Crippen LogP contribution in [0.25, 0.3) is 16.4 Å². The van der Waals surface area contributed by atoms with E-state index in [9.17, 15) is 4.79 Å². The third-order valence-electron chi connectivity index (χ3n) is 3.38. The van der Waals surface area contributed by atoms with Gasteiger partial charge in [0.05, 0.1) is 29.8 Å². The molecule has 3 aromatic heterocycles. The van der Waals surface area contributed by atoms with Gasteiger partial charge < -0.3 is 9.72 Å². The average molecular weight is 277 g/mol. The Balaban J connectivity index is 1.64. The quantitative estimate of drug-likeness (QED) is 0.591. The van der Waals surface area contributed by atoms with Crippen molar-refractivity contribution in [2.45, 2.75) is 0 Å². The first kappa shape index (κ1) is 11.7. The zero-order chi connectivity index (χ0) is 14.2. The normalized spacial score (nSPS) is 11.0. The van der Waals surface area contributed by atoms with Crippen LogP contribution < -0.4 is 5.32 Å². The summed E-state index contributed by atoms with van der Waals surface area (Å²) in [7, 11) is 0. The summed E-state index contributed by atoms with van der Waals surface area (Å²) in [5.74, 6) is -0.155. The van der Waals surface area contributed by atoms with E-state index in [-0.39, 0.29) is 5.91 Å². The Morgan fingerprint density at radius 1 is 1.19 bits per heavy atom. The Morgan fingerprint density at radius 3 is 3.10 bits per heavy atom. The third-order valence-corrected chi connectivity index (χ3v) is 3.38. The maximum atomic E-state index is 12.3. The first-order valence-electron chi connectivity index (χ1n) is 6.46. The molecule has 3 heterocycles. The summed E-state index contributed by atoms with van der Waals surface area (Å²) in [5, 5.41) is 10.7. The van der Waals surface area contributed by atoms with Crippen LogP contribution in [-0.2, 0) is 0 Å². The van der Waals surface area contributed by atoms with E-state index in [1.54, 1.807) is 30.9 Å². The first-order chi connectivity index (χ1) is 10.3. The standard InChI is InChI=1S/C15H11N5O/c21-15(10-3-4-20-9-16-8-13(20)5-10)18-12-2-1-11-7-17-19-14(11)6-12/h1-9H,(H,17,19)(H,18,21). The van der Waals surface area contributed by atoms with Gasteiger partial charge in [0, 0.05) is 22.8 Å². The number of H-pyrrole nitrogens is 1. The first-order valence-corrected chi connectivity index (χ1v) is 6.46. The molecule has 102 valence electrons. The highest BCUT2D eigenvalue weighted by Crippen LogP contribution is 2.17. The van der Waals surface area contributed by atoms with E-state index >= 15 is 0 Å². The molecule has 1 amide bonds. The second-order valence-corrected chi connectivity index (χ2v) is 4.77. The smallest absolute Gasteiger partial charge is 0.255 e. The van der Waals surface area contributed by atoms with Crippen molar-refractivity contribution in [1.82, 2.24) is 19.6 Å². The van der Waals surface area contributed by atoms with Crippen molar-refractivity contribution in [1.29, 1.82) is 0 Å². The molecule has 6 nitrogen and oxygen atoms in total. The van der Waals surface area contributed by atoms with Crippen LogP contribution in [0.5, 0.6) is 0 Å². The van der Waals surface area contributed by atoms with Gasteiger partial charge in [-0.1, -0.05) is 0 Å². The van der Waals surface area contributed by atoms with Gasteiger partial charge in [-0.05, 0) is 30.3 Å². The molecule has 0 saturated heterocycles. The molecule has 2 N–H and O–H groups in total. The third kappa shape index (κ3) is 2.02. The molecule has 4 aromatic rings. The minimum absolute atomic E-state index is 0.155. The Bertz CT molecular complexity index is 953. The fourth-order valence-corrected chi connectivity index (χ4v) is 2.28. The lowest BCUT2D eigenvalue weighted by Crippen LogP contribution is -2.12. The van der Waals surface area contributed by atoms with Crippen LogP contribution in [0.2, 0.25) is 0 Å². The van der Waals surface area contributed by atoms with E-state index in [1.165, 1.54) is 0 Å². The van der Waals surface area contributed by atoms with Crippen molar-refractivity contribution in [3.05, 3.63) is 60.8 Å². The Morgan fingerprint density at radius 2 is 2.14 bits per heavy atom. The molecule has 0 bridgehead atoms. The maximum absolute atomic E-state index is 12.3. The minimum Gasteiger partial charge on any atom is -0.322 e. The molecule has 4 rings (SSSR count). The summed E-state index contributed by atoms with van der Waals surface area (Å²) in [5.41, 5.74) is 3.09. The van der Waals surface area contributed by atoms with Crippen LogP contribution in [0.1, 0.15) is 10.4 Å². The number of carbonyl (C=O) groups is 1. The number of aromatic nitrogens is 4. The number of pyridine rings is 1. The molecule has 0 saturated carbocycles. The summed E-state index contributed by atoms with van der Waals surface area (Å²) >= 11 is 0. The summed E-state index contributed by atoms with van der Waals surface area (Å²) in [6.45, 7) is 0. The molecule has 0 radical (unpaired) electrons. The minimum atomic E-state index is -0.155. The summed E-state index contributed by atoms with van der Waals surface area (Å²) in [4.78, 5) is 16.3. The summed E-state index contributed by atoms with van der Waals surface area (Å²) < 4.78 is 1.85. The molecule has 0 unspecified atom stereocenters. The second kappa shape index (κ2) is 4.45. The number of rotatable bonds is 2. The topological polar surface area (TPSA) is 75.1 Å². The number of aromatic amines is 1. The van der Waals surface area contributed by atoms with Crippen molar-refractivity contribution in [2.24, 2.45) is 0 Å². The number of benzene rings is 1. The molecule has 0 aliphatic carbocycles. The number of fused-ring (bicyclic) bond motifs is 2. The number of hydrogen-bond acceptors (Lipinski definition) is 3. The van der Waals surface area contributed by atoms with Crippen LogP contribution in [0, 0.1) is 0 Å². The monoisotopic (exact) mass is 277 g/mol. The Kier molecular flexibility index (Phi) is 2.47. The molecule has 0 aliphatic heterocycles. The van der Waals surface area contributed by atoms with E-state index in [0.29, 0.717) is 5.56 Å². The van der Waals surface area contributed by atoms with Gasteiger partial charge >= 0.3 is 0 Å². The van der Waals surface area contributed by atoms with Crippen LogP contribution in [0.4, 0.5) is 5.69 Å². The summed E-state index contributed by atoms with van der Waals surface area (Å²) in [6, 6.07) is 9.19. The van der Waals surface area contributed by atoms with E-state index in [1.807, 2.05) is 28.8 Å². The SMILES string of the molecule is O=C(Nc1ccc2cn[nH]c2c1)c1ccn2cncc2c1. The molecule has 0 aliphatic rings. The van der Waals surface area contributed by atoms with Gasteiger partial charge in [-0.3, -0.25) is 9.89 Å². The van der Waals surface area contributed by atoms with Gasteiger partial charge in [-0.2, -0.15) is 5.10 Å². The number of nitrogens with one attached hydrogen (secondary N) is 2. The van der Waals surface area contributed by atoms with Crippen LogP contribution in [0.3, 0.4) is 0 Å². The molecule has 21 heavy (non-hydrogen) atoms. The van der Waals surface area contributed by atoms with Crippen molar-refractivity contribution in [3.8, 4) is 0 Å². The fourth-order valence-electron chi connectivity index (χ4n) is 2.28. The van der Waals surface area contributed by atoms with Gasteiger partial charge in [0.15, 0.2) is 0 Å². The highest BCUT2D eigenvalue weighted by molar-refractivity contribution is 6.05. The van der Waals surface area contributed by atoms with Crippen molar-refractivity contribution in [2.75, 3.05) is 5.32 Å². The molecule has 1 aromatic carbocycles. The van der Waals surface area contributed by atoms with Crippen molar-refractivity contribution >= 4 is 28.0 Å². The van der Waals surface area contributed by atoms with Crippen molar-refractivity contribution in [3.63, 3.8) is 0 Å². The van der Waals surface area contributed by atoms with Gasteiger partial charge in [0.1, 0.15) is 0 Å². The number of amides is 1. The Hall–Kier alpha value is -3.15. The molecular weight excluding hydrogens is 266 g/mol. The predicted octanol–water partition coefficient (Wildman–Crippen LogP) is 2.46. The lowest BCUT2D eigenvalue weighted by Gasteiger charge is -2.06. The van der Waals surface area contributed by atoms with Crippen LogP contribution in [-0.4, -0.2) is 25.5 Å². The van der Waals surface area contributed by atoms with Crippen molar-refractivity contribution < 1.29 is 4.79 Å².